The normalized spacial score (nSPS) is 10.3. The third-order valence-electron chi connectivity index (χ3n) is 2.70. The van der Waals surface area contributed by atoms with Crippen LogP contribution < -0.4 is 5.73 Å². The Hall–Kier alpha value is -1.39. The van der Waals surface area contributed by atoms with Crippen molar-refractivity contribution in [2.24, 2.45) is 5.73 Å². The van der Waals surface area contributed by atoms with Crippen molar-refractivity contribution in [2.75, 3.05) is 26.7 Å². The zero-order valence-corrected chi connectivity index (χ0v) is 11.0. The number of hydrogen-bond donors (Lipinski definition) is 1. The van der Waals surface area contributed by atoms with Gasteiger partial charge in [-0.05, 0) is 18.5 Å². The van der Waals surface area contributed by atoms with Crippen molar-refractivity contribution in [3.05, 3.63) is 35.9 Å². The zero-order valence-electron chi connectivity index (χ0n) is 11.0. The molecule has 1 amide bonds. The highest BCUT2D eigenvalue weighted by Gasteiger charge is 2.07. The van der Waals surface area contributed by atoms with Crippen LogP contribution in [0.2, 0.25) is 0 Å². The van der Waals surface area contributed by atoms with Crippen molar-refractivity contribution in [1.29, 1.82) is 0 Å². The molecular weight excluding hydrogens is 228 g/mol. The number of rotatable bonds is 8. The fraction of sp³-hybridized carbons (Fsp3) is 0.500. The first-order valence-electron chi connectivity index (χ1n) is 6.29. The molecule has 0 heterocycles. The highest BCUT2D eigenvalue weighted by atomic mass is 16.5. The quantitative estimate of drug-likeness (QED) is 0.710. The summed E-state index contributed by atoms with van der Waals surface area (Å²) >= 11 is 0. The standard InChI is InChI=1S/C14H22N2O2/c1-16(10-5-9-15)14(17)8-11-18-12-13-6-3-2-4-7-13/h2-4,6-7H,5,8-12,15H2,1H3. The summed E-state index contributed by atoms with van der Waals surface area (Å²) in [7, 11) is 1.80. The Morgan fingerprint density at radius 2 is 2.06 bits per heavy atom. The molecule has 4 nitrogen and oxygen atoms in total. The third-order valence-corrected chi connectivity index (χ3v) is 2.70. The van der Waals surface area contributed by atoms with Crippen molar-refractivity contribution in [3.8, 4) is 0 Å². The number of carbonyl (C=O) groups excluding carboxylic acids is 1. The Morgan fingerprint density at radius 3 is 2.72 bits per heavy atom. The monoisotopic (exact) mass is 250 g/mol. The van der Waals surface area contributed by atoms with Crippen LogP contribution in [0.3, 0.4) is 0 Å². The van der Waals surface area contributed by atoms with Crippen LogP contribution in [0.25, 0.3) is 0 Å². The van der Waals surface area contributed by atoms with E-state index in [4.69, 9.17) is 10.5 Å². The summed E-state index contributed by atoms with van der Waals surface area (Å²) in [4.78, 5) is 13.4. The number of hydrogen-bond acceptors (Lipinski definition) is 3. The van der Waals surface area contributed by atoms with Gasteiger partial charge in [0, 0.05) is 13.6 Å². The van der Waals surface area contributed by atoms with E-state index in [1.807, 2.05) is 30.3 Å². The molecule has 0 aliphatic heterocycles. The average Bonchev–Trinajstić information content (AvgIpc) is 2.41. The maximum absolute atomic E-state index is 11.7. The van der Waals surface area contributed by atoms with E-state index in [0.717, 1.165) is 12.0 Å². The summed E-state index contributed by atoms with van der Waals surface area (Å²) in [6.45, 7) is 2.34. The van der Waals surface area contributed by atoms with Crippen molar-refractivity contribution in [1.82, 2.24) is 4.90 Å². The van der Waals surface area contributed by atoms with Crippen LogP contribution in [0, 0.1) is 0 Å². The summed E-state index contributed by atoms with van der Waals surface area (Å²) < 4.78 is 5.47. The first-order valence-corrected chi connectivity index (χ1v) is 6.29. The molecule has 0 atom stereocenters. The predicted octanol–water partition coefficient (Wildman–Crippen LogP) is 1.40. The minimum absolute atomic E-state index is 0.108. The molecule has 0 bridgehead atoms. The van der Waals surface area contributed by atoms with E-state index in [9.17, 15) is 4.79 Å². The number of nitrogens with zero attached hydrogens (tertiary/aromatic N) is 1. The largest absolute Gasteiger partial charge is 0.376 e. The summed E-state index contributed by atoms with van der Waals surface area (Å²) in [6.07, 6.45) is 1.26. The van der Waals surface area contributed by atoms with Gasteiger partial charge in [0.25, 0.3) is 0 Å². The maximum Gasteiger partial charge on any atom is 0.224 e. The van der Waals surface area contributed by atoms with E-state index in [1.54, 1.807) is 11.9 Å². The van der Waals surface area contributed by atoms with E-state index in [2.05, 4.69) is 0 Å². The van der Waals surface area contributed by atoms with Gasteiger partial charge in [-0.3, -0.25) is 4.79 Å². The molecule has 0 spiro atoms. The van der Waals surface area contributed by atoms with Crippen LogP contribution in [0.5, 0.6) is 0 Å². The smallest absolute Gasteiger partial charge is 0.224 e. The van der Waals surface area contributed by atoms with Crippen LogP contribution in [0.15, 0.2) is 30.3 Å². The van der Waals surface area contributed by atoms with Gasteiger partial charge in [0.05, 0.1) is 19.6 Å². The zero-order chi connectivity index (χ0) is 13.2. The Morgan fingerprint density at radius 1 is 1.33 bits per heavy atom. The van der Waals surface area contributed by atoms with Crippen LogP contribution >= 0.6 is 0 Å². The lowest BCUT2D eigenvalue weighted by atomic mass is 10.2. The van der Waals surface area contributed by atoms with Crippen LogP contribution in [0.1, 0.15) is 18.4 Å². The minimum atomic E-state index is 0.108. The van der Waals surface area contributed by atoms with E-state index < -0.39 is 0 Å². The molecule has 1 aromatic carbocycles. The van der Waals surface area contributed by atoms with Gasteiger partial charge >= 0.3 is 0 Å². The lowest BCUT2D eigenvalue weighted by Gasteiger charge is -2.16. The number of ether oxygens (including phenoxy) is 1. The summed E-state index contributed by atoms with van der Waals surface area (Å²) in [5.41, 5.74) is 6.53. The molecule has 1 aromatic rings. The van der Waals surface area contributed by atoms with Gasteiger partial charge in [0.2, 0.25) is 5.91 Å². The van der Waals surface area contributed by atoms with Gasteiger partial charge in [0.1, 0.15) is 0 Å². The molecule has 0 aliphatic carbocycles. The molecule has 2 N–H and O–H groups in total. The molecule has 1 rings (SSSR count). The first-order chi connectivity index (χ1) is 8.74. The average molecular weight is 250 g/mol. The van der Waals surface area contributed by atoms with Gasteiger partial charge in [0.15, 0.2) is 0 Å². The highest BCUT2D eigenvalue weighted by Crippen LogP contribution is 2.01. The molecule has 0 saturated carbocycles. The topological polar surface area (TPSA) is 55.6 Å². The molecule has 0 aliphatic rings. The molecule has 0 unspecified atom stereocenters. The van der Waals surface area contributed by atoms with Crippen LogP contribution in [-0.4, -0.2) is 37.6 Å². The lowest BCUT2D eigenvalue weighted by Crippen LogP contribution is -2.29. The molecule has 18 heavy (non-hydrogen) atoms. The molecule has 0 aromatic heterocycles. The first kappa shape index (κ1) is 14.7. The Kier molecular flexibility index (Phi) is 7.06. The fourth-order valence-electron chi connectivity index (χ4n) is 1.57. The van der Waals surface area contributed by atoms with E-state index in [0.29, 0.717) is 32.7 Å². The van der Waals surface area contributed by atoms with Gasteiger partial charge in [-0.25, -0.2) is 0 Å². The second kappa shape index (κ2) is 8.66. The van der Waals surface area contributed by atoms with Gasteiger partial charge in [-0.2, -0.15) is 0 Å². The molecule has 0 saturated heterocycles. The van der Waals surface area contributed by atoms with Crippen LogP contribution in [0.4, 0.5) is 0 Å². The van der Waals surface area contributed by atoms with Crippen molar-refractivity contribution < 1.29 is 9.53 Å². The van der Waals surface area contributed by atoms with Crippen molar-refractivity contribution in [2.45, 2.75) is 19.4 Å². The molecule has 0 fully saturated rings. The minimum Gasteiger partial charge on any atom is -0.376 e. The van der Waals surface area contributed by atoms with E-state index in [-0.39, 0.29) is 5.91 Å². The molecule has 0 radical (unpaired) electrons. The predicted molar refractivity (Wildman–Crippen MR) is 72.0 cm³/mol. The number of benzene rings is 1. The molecular formula is C14H22N2O2. The highest BCUT2D eigenvalue weighted by molar-refractivity contribution is 5.75. The SMILES string of the molecule is CN(CCCN)C(=O)CCOCc1ccccc1. The third kappa shape index (κ3) is 5.80. The Balaban J connectivity index is 2.12. The second-order valence-corrected chi connectivity index (χ2v) is 4.25. The number of carbonyl (C=O) groups is 1. The Bertz CT molecular complexity index is 341. The van der Waals surface area contributed by atoms with Gasteiger partial charge < -0.3 is 15.4 Å². The van der Waals surface area contributed by atoms with Gasteiger partial charge in [-0.15, -0.1) is 0 Å². The number of amides is 1. The van der Waals surface area contributed by atoms with Crippen LogP contribution in [-0.2, 0) is 16.1 Å². The summed E-state index contributed by atoms with van der Waals surface area (Å²) in [5, 5.41) is 0. The number of nitrogens with two attached hydrogens (primary N) is 1. The fourth-order valence-corrected chi connectivity index (χ4v) is 1.57. The van der Waals surface area contributed by atoms with Crippen molar-refractivity contribution >= 4 is 5.91 Å². The summed E-state index contributed by atoms with van der Waals surface area (Å²) in [6, 6.07) is 9.94. The van der Waals surface area contributed by atoms with E-state index >= 15 is 0 Å². The maximum atomic E-state index is 11.7. The van der Waals surface area contributed by atoms with Crippen molar-refractivity contribution in [3.63, 3.8) is 0 Å². The summed E-state index contributed by atoms with van der Waals surface area (Å²) in [5.74, 6) is 0.108. The molecule has 4 heteroatoms. The second-order valence-electron chi connectivity index (χ2n) is 4.25. The Labute approximate surface area is 109 Å². The van der Waals surface area contributed by atoms with E-state index in [1.165, 1.54) is 0 Å². The molecule has 100 valence electrons. The lowest BCUT2D eigenvalue weighted by molar-refractivity contribution is -0.131. The van der Waals surface area contributed by atoms with Gasteiger partial charge in [-0.1, -0.05) is 30.3 Å².